The average Bonchev–Trinajstić information content (AvgIpc) is 2.56. The van der Waals surface area contributed by atoms with Crippen molar-refractivity contribution in [2.45, 2.75) is 18.7 Å². The molecule has 0 radical (unpaired) electrons. The molecule has 0 saturated heterocycles. The Labute approximate surface area is 141 Å². The third-order valence-corrected chi connectivity index (χ3v) is 4.74. The van der Waals surface area contributed by atoms with Gasteiger partial charge in [-0.3, -0.25) is 4.79 Å². The Morgan fingerprint density at radius 3 is 2.08 bits per heavy atom. The van der Waals surface area contributed by atoms with Crippen molar-refractivity contribution in [3.8, 4) is 17.2 Å². The summed E-state index contributed by atoms with van der Waals surface area (Å²) >= 11 is 0. The molecule has 0 aliphatic rings. The lowest BCUT2D eigenvalue weighted by Crippen LogP contribution is -2.12. The summed E-state index contributed by atoms with van der Waals surface area (Å²) in [4.78, 5) is 11.3. The molecule has 0 aliphatic heterocycles. The van der Waals surface area contributed by atoms with E-state index in [1.165, 1.54) is 32.4 Å². The van der Waals surface area contributed by atoms with Crippen LogP contribution in [0, 0.1) is 13.8 Å². The van der Waals surface area contributed by atoms with Crippen LogP contribution in [0.15, 0.2) is 35.2 Å². The average molecular weight is 350 g/mol. The van der Waals surface area contributed by atoms with Gasteiger partial charge in [-0.15, -0.1) is 0 Å². The minimum absolute atomic E-state index is 0.000802. The van der Waals surface area contributed by atoms with E-state index in [1.807, 2.05) is 6.92 Å². The highest BCUT2D eigenvalue weighted by molar-refractivity contribution is 7.87. The van der Waals surface area contributed by atoms with Crippen molar-refractivity contribution in [3.63, 3.8) is 0 Å². The molecule has 0 amide bonds. The van der Waals surface area contributed by atoms with Gasteiger partial charge in [0.25, 0.3) is 0 Å². The number of hydrogen-bond acceptors (Lipinski definition) is 6. The first kappa shape index (κ1) is 17.8. The van der Waals surface area contributed by atoms with Crippen LogP contribution >= 0.6 is 0 Å². The second-order valence-electron chi connectivity index (χ2n) is 5.12. The molecular weight excluding hydrogens is 332 g/mol. The zero-order chi connectivity index (χ0) is 17.9. The van der Waals surface area contributed by atoms with E-state index in [4.69, 9.17) is 13.7 Å². The molecule has 0 unspecified atom stereocenters. The monoisotopic (exact) mass is 350 g/mol. The largest absolute Gasteiger partial charge is 0.493 e. The third kappa shape index (κ3) is 3.35. The number of carbonyl (C=O) groups is 1. The second-order valence-corrected chi connectivity index (χ2v) is 6.67. The van der Waals surface area contributed by atoms with Crippen molar-refractivity contribution in [2.75, 3.05) is 14.2 Å². The maximum Gasteiger partial charge on any atom is 0.339 e. The minimum atomic E-state index is -4.08. The van der Waals surface area contributed by atoms with Gasteiger partial charge in [0.2, 0.25) is 0 Å². The van der Waals surface area contributed by atoms with Gasteiger partial charge in [0.1, 0.15) is 4.90 Å². The predicted molar refractivity (Wildman–Crippen MR) is 88.7 cm³/mol. The fraction of sp³-hybridized carbons (Fsp3) is 0.235. The van der Waals surface area contributed by atoms with Gasteiger partial charge >= 0.3 is 10.1 Å². The van der Waals surface area contributed by atoms with Crippen LogP contribution in [0.2, 0.25) is 0 Å². The van der Waals surface area contributed by atoms with Crippen LogP contribution in [0.1, 0.15) is 21.5 Å². The Kier molecular flexibility index (Phi) is 5.14. The predicted octanol–water partition coefficient (Wildman–Crippen LogP) is 2.90. The molecule has 128 valence electrons. The Morgan fingerprint density at radius 2 is 1.58 bits per heavy atom. The number of carbonyl (C=O) groups excluding carboxylic acids is 1. The van der Waals surface area contributed by atoms with E-state index in [0.29, 0.717) is 23.3 Å². The molecule has 24 heavy (non-hydrogen) atoms. The SMILES string of the molecule is COc1cc(C=O)c(OS(=O)(=O)c2ccc(C)cc2)c(C)c1OC. The summed E-state index contributed by atoms with van der Waals surface area (Å²) in [7, 11) is -1.24. The highest BCUT2D eigenvalue weighted by Crippen LogP contribution is 2.40. The summed E-state index contributed by atoms with van der Waals surface area (Å²) in [6.07, 6.45) is 0.509. The molecule has 2 aromatic carbocycles. The first-order chi connectivity index (χ1) is 11.3. The maximum atomic E-state index is 12.5. The highest BCUT2D eigenvalue weighted by Gasteiger charge is 2.24. The normalized spacial score (nSPS) is 11.0. The third-order valence-electron chi connectivity index (χ3n) is 3.51. The summed E-state index contributed by atoms with van der Waals surface area (Å²) in [6.45, 7) is 3.44. The highest BCUT2D eigenvalue weighted by atomic mass is 32.2. The summed E-state index contributed by atoms with van der Waals surface area (Å²) < 4.78 is 40.6. The van der Waals surface area contributed by atoms with Crippen LogP contribution in [-0.2, 0) is 10.1 Å². The molecule has 6 nitrogen and oxygen atoms in total. The molecule has 0 fully saturated rings. The molecular formula is C17H18O6S. The van der Waals surface area contributed by atoms with E-state index in [0.717, 1.165) is 5.56 Å². The van der Waals surface area contributed by atoms with Gasteiger partial charge in [-0.1, -0.05) is 17.7 Å². The first-order valence-electron chi connectivity index (χ1n) is 7.06. The van der Waals surface area contributed by atoms with Gasteiger partial charge < -0.3 is 13.7 Å². The summed E-state index contributed by atoms with van der Waals surface area (Å²) in [5.74, 6) is 0.539. The van der Waals surface area contributed by atoms with Crippen LogP contribution in [-0.4, -0.2) is 28.9 Å². The maximum absolute atomic E-state index is 12.5. The quantitative estimate of drug-likeness (QED) is 0.589. The zero-order valence-corrected chi connectivity index (χ0v) is 14.6. The molecule has 0 bridgehead atoms. The number of aldehydes is 1. The van der Waals surface area contributed by atoms with E-state index >= 15 is 0 Å². The number of methoxy groups -OCH3 is 2. The van der Waals surface area contributed by atoms with E-state index in [-0.39, 0.29) is 16.2 Å². The molecule has 0 spiro atoms. The van der Waals surface area contributed by atoms with Crippen LogP contribution in [0.3, 0.4) is 0 Å². The Morgan fingerprint density at radius 1 is 0.958 bits per heavy atom. The lowest BCUT2D eigenvalue weighted by molar-refractivity contribution is 0.112. The smallest absolute Gasteiger partial charge is 0.339 e. The minimum Gasteiger partial charge on any atom is -0.493 e. The van der Waals surface area contributed by atoms with E-state index < -0.39 is 10.1 Å². The molecule has 2 rings (SSSR count). The summed E-state index contributed by atoms with van der Waals surface area (Å²) in [5.41, 5.74) is 1.33. The van der Waals surface area contributed by atoms with Crippen molar-refractivity contribution in [1.82, 2.24) is 0 Å². The van der Waals surface area contributed by atoms with Gasteiger partial charge in [-0.2, -0.15) is 8.42 Å². The van der Waals surface area contributed by atoms with Crippen LogP contribution < -0.4 is 13.7 Å². The Hall–Kier alpha value is -2.54. The standard InChI is InChI=1S/C17H18O6S/c1-11-5-7-14(8-6-11)24(19,20)23-16-12(2)17(22-4)15(21-3)9-13(16)10-18/h5-10H,1-4H3. The lowest BCUT2D eigenvalue weighted by Gasteiger charge is -2.16. The van der Waals surface area contributed by atoms with Gasteiger partial charge in [0.05, 0.1) is 19.8 Å². The summed E-state index contributed by atoms with van der Waals surface area (Å²) in [5, 5.41) is 0. The zero-order valence-electron chi connectivity index (χ0n) is 13.8. The molecule has 7 heteroatoms. The number of rotatable bonds is 6. The lowest BCUT2D eigenvalue weighted by atomic mass is 10.1. The van der Waals surface area contributed by atoms with Crippen molar-refractivity contribution in [1.29, 1.82) is 0 Å². The van der Waals surface area contributed by atoms with Gasteiger partial charge in [0, 0.05) is 5.56 Å². The van der Waals surface area contributed by atoms with Crippen LogP contribution in [0.25, 0.3) is 0 Å². The molecule has 0 N–H and O–H groups in total. The van der Waals surface area contributed by atoms with Gasteiger partial charge in [-0.05, 0) is 32.0 Å². The molecule has 0 heterocycles. The Bertz CT molecular complexity index is 854. The number of benzene rings is 2. The van der Waals surface area contributed by atoms with Crippen molar-refractivity contribution >= 4 is 16.4 Å². The molecule has 0 saturated carbocycles. The van der Waals surface area contributed by atoms with E-state index in [2.05, 4.69) is 0 Å². The van der Waals surface area contributed by atoms with E-state index in [9.17, 15) is 13.2 Å². The number of aryl methyl sites for hydroxylation is 1. The molecule has 2 aromatic rings. The van der Waals surface area contributed by atoms with E-state index in [1.54, 1.807) is 19.1 Å². The Balaban J connectivity index is 2.56. The number of ether oxygens (including phenoxy) is 2. The molecule has 0 aliphatic carbocycles. The van der Waals surface area contributed by atoms with Crippen molar-refractivity contribution in [3.05, 3.63) is 47.0 Å². The fourth-order valence-electron chi connectivity index (χ4n) is 2.24. The number of hydrogen-bond donors (Lipinski definition) is 0. The van der Waals surface area contributed by atoms with Gasteiger partial charge in [0.15, 0.2) is 23.5 Å². The van der Waals surface area contributed by atoms with Crippen molar-refractivity contribution in [2.24, 2.45) is 0 Å². The molecule has 0 aromatic heterocycles. The fourth-order valence-corrected chi connectivity index (χ4v) is 3.25. The summed E-state index contributed by atoms with van der Waals surface area (Å²) in [6, 6.07) is 7.60. The van der Waals surface area contributed by atoms with Crippen LogP contribution in [0.4, 0.5) is 0 Å². The second kappa shape index (κ2) is 6.92. The van der Waals surface area contributed by atoms with Crippen LogP contribution in [0.5, 0.6) is 17.2 Å². The van der Waals surface area contributed by atoms with Crippen molar-refractivity contribution < 1.29 is 26.9 Å². The first-order valence-corrected chi connectivity index (χ1v) is 8.46. The van der Waals surface area contributed by atoms with Gasteiger partial charge in [-0.25, -0.2) is 0 Å². The molecule has 0 atom stereocenters. The topological polar surface area (TPSA) is 78.9 Å².